The third kappa shape index (κ3) is 3.18. The average Bonchev–Trinajstić information content (AvgIpc) is 2.93. The molecule has 6 nitrogen and oxygen atoms in total. The summed E-state index contributed by atoms with van der Waals surface area (Å²) in [6.45, 7) is 1.69. The molecule has 0 saturated heterocycles. The van der Waals surface area contributed by atoms with Crippen LogP contribution in [0.4, 0.5) is 5.69 Å². The first kappa shape index (κ1) is 12.8. The Labute approximate surface area is 109 Å². The normalized spacial score (nSPS) is 9.58. The first-order valence-electron chi connectivity index (χ1n) is 5.58. The summed E-state index contributed by atoms with van der Waals surface area (Å²) in [7, 11) is 0. The first-order chi connectivity index (χ1) is 9.20. The number of H-pyrrole nitrogens is 1. The van der Waals surface area contributed by atoms with Gasteiger partial charge >= 0.3 is 0 Å². The maximum absolute atomic E-state index is 11.9. The maximum Gasteiger partial charge on any atom is 0.277 e. The number of carbonyl (C=O) groups excluding carboxylic acids is 1. The highest BCUT2D eigenvalue weighted by atomic mass is 16.2. The lowest BCUT2D eigenvalue weighted by Crippen LogP contribution is -2.13. The number of nitrogens with zero attached hydrogens (tertiary/aromatic N) is 2. The Bertz CT molecular complexity index is 638. The lowest BCUT2D eigenvalue weighted by atomic mass is 10.1. The Kier molecular flexibility index (Phi) is 3.90. The molecular weight excluding hydrogens is 244 g/mol. The van der Waals surface area contributed by atoms with Gasteiger partial charge in [-0.3, -0.25) is 4.79 Å². The van der Waals surface area contributed by atoms with Crippen LogP contribution in [0.2, 0.25) is 0 Å². The summed E-state index contributed by atoms with van der Waals surface area (Å²) in [4.78, 5) is 11.9. The van der Waals surface area contributed by atoms with E-state index in [1.54, 1.807) is 6.07 Å². The summed E-state index contributed by atoms with van der Waals surface area (Å²) < 4.78 is 0. The number of aliphatic hydroxyl groups excluding tert-OH is 1. The first-order valence-corrected chi connectivity index (χ1v) is 5.58. The number of amides is 1. The van der Waals surface area contributed by atoms with E-state index >= 15 is 0 Å². The predicted octanol–water partition coefficient (Wildman–Crippen LogP) is 0.709. The number of aromatic amines is 1. The quantitative estimate of drug-likeness (QED) is 0.690. The topological polar surface area (TPSA) is 90.9 Å². The van der Waals surface area contributed by atoms with Gasteiger partial charge < -0.3 is 10.4 Å². The lowest BCUT2D eigenvalue weighted by molar-refractivity contribution is 0.102. The van der Waals surface area contributed by atoms with E-state index in [4.69, 9.17) is 5.11 Å². The highest BCUT2D eigenvalue weighted by Crippen LogP contribution is 2.17. The molecule has 0 aliphatic heterocycles. The Morgan fingerprint density at radius 3 is 3.05 bits per heavy atom. The van der Waals surface area contributed by atoms with Gasteiger partial charge in [-0.15, -0.1) is 0 Å². The third-order valence-corrected chi connectivity index (χ3v) is 2.37. The lowest BCUT2D eigenvalue weighted by Gasteiger charge is -2.06. The molecule has 1 heterocycles. The van der Waals surface area contributed by atoms with Gasteiger partial charge in [-0.2, -0.15) is 15.4 Å². The minimum Gasteiger partial charge on any atom is -0.384 e. The number of aliphatic hydroxyl groups is 1. The monoisotopic (exact) mass is 256 g/mol. The summed E-state index contributed by atoms with van der Waals surface area (Å²) in [6.07, 6.45) is 1.34. The maximum atomic E-state index is 11.9. The molecule has 6 heteroatoms. The molecule has 0 fully saturated rings. The summed E-state index contributed by atoms with van der Waals surface area (Å²) in [6, 6.07) is 5.46. The van der Waals surface area contributed by atoms with E-state index in [0.29, 0.717) is 11.3 Å². The third-order valence-electron chi connectivity index (χ3n) is 2.37. The summed E-state index contributed by atoms with van der Waals surface area (Å²) in [5.41, 5.74) is 2.42. The van der Waals surface area contributed by atoms with Crippen molar-refractivity contribution in [1.29, 1.82) is 0 Å². The van der Waals surface area contributed by atoms with Crippen molar-refractivity contribution in [3.05, 3.63) is 41.2 Å². The molecule has 2 aromatic rings. The molecule has 3 N–H and O–H groups in total. The number of aromatic nitrogens is 3. The van der Waals surface area contributed by atoms with Crippen molar-refractivity contribution in [3.63, 3.8) is 0 Å². The van der Waals surface area contributed by atoms with E-state index in [-0.39, 0.29) is 18.2 Å². The number of anilines is 1. The van der Waals surface area contributed by atoms with Crippen LogP contribution >= 0.6 is 0 Å². The molecule has 0 aliphatic carbocycles. The number of nitrogens with one attached hydrogen (secondary N) is 2. The minimum absolute atomic E-state index is 0.196. The standard InChI is InChI=1S/C13H12N4O2/c1-9-4-5-11(10(7-9)3-2-6-18)15-13(19)12-8-14-17-16-12/h4-5,7-8,18H,6H2,1H3,(H,15,19)(H,14,16,17). The fourth-order valence-electron chi connectivity index (χ4n) is 1.50. The number of hydrogen-bond donors (Lipinski definition) is 3. The van der Waals surface area contributed by atoms with Crippen LogP contribution in [0, 0.1) is 18.8 Å². The van der Waals surface area contributed by atoms with E-state index in [0.717, 1.165) is 5.56 Å². The van der Waals surface area contributed by atoms with Gasteiger partial charge in [0.2, 0.25) is 0 Å². The summed E-state index contributed by atoms with van der Waals surface area (Å²) in [5.74, 6) is 4.99. The highest BCUT2D eigenvalue weighted by Gasteiger charge is 2.10. The minimum atomic E-state index is -0.371. The zero-order valence-electron chi connectivity index (χ0n) is 10.3. The fraction of sp³-hybridized carbons (Fsp3) is 0.154. The second-order valence-electron chi connectivity index (χ2n) is 3.82. The molecule has 1 aromatic carbocycles. The Hall–Kier alpha value is -2.65. The van der Waals surface area contributed by atoms with E-state index in [2.05, 4.69) is 32.6 Å². The van der Waals surface area contributed by atoms with Crippen LogP contribution < -0.4 is 5.32 Å². The van der Waals surface area contributed by atoms with Crippen molar-refractivity contribution in [2.45, 2.75) is 6.92 Å². The number of hydrogen-bond acceptors (Lipinski definition) is 4. The second kappa shape index (κ2) is 5.80. The summed E-state index contributed by atoms with van der Waals surface area (Å²) >= 11 is 0. The molecule has 0 saturated carbocycles. The average molecular weight is 256 g/mol. The van der Waals surface area contributed by atoms with Gasteiger partial charge in [0.25, 0.3) is 5.91 Å². The van der Waals surface area contributed by atoms with Crippen LogP contribution in [0.15, 0.2) is 24.4 Å². The van der Waals surface area contributed by atoms with Crippen LogP contribution in [0.5, 0.6) is 0 Å². The van der Waals surface area contributed by atoms with Crippen molar-refractivity contribution in [1.82, 2.24) is 15.4 Å². The number of carbonyl (C=O) groups is 1. The molecule has 0 aliphatic rings. The van der Waals surface area contributed by atoms with Gasteiger partial charge in [0.15, 0.2) is 5.69 Å². The Morgan fingerprint density at radius 1 is 1.53 bits per heavy atom. The van der Waals surface area contributed by atoms with Gasteiger partial charge in [-0.25, -0.2) is 0 Å². The molecule has 1 amide bonds. The van der Waals surface area contributed by atoms with Crippen molar-refractivity contribution in [2.24, 2.45) is 0 Å². The fourth-order valence-corrected chi connectivity index (χ4v) is 1.50. The van der Waals surface area contributed by atoms with Gasteiger partial charge in [-0.05, 0) is 24.6 Å². The second-order valence-corrected chi connectivity index (χ2v) is 3.82. The molecule has 0 atom stereocenters. The van der Waals surface area contributed by atoms with E-state index in [9.17, 15) is 4.79 Å². The van der Waals surface area contributed by atoms with Crippen LogP contribution in [-0.2, 0) is 0 Å². The van der Waals surface area contributed by atoms with Crippen LogP contribution in [0.3, 0.4) is 0 Å². The van der Waals surface area contributed by atoms with E-state index in [1.165, 1.54) is 6.20 Å². The van der Waals surface area contributed by atoms with Crippen molar-refractivity contribution >= 4 is 11.6 Å². The molecule has 19 heavy (non-hydrogen) atoms. The zero-order valence-corrected chi connectivity index (χ0v) is 10.3. The van der Waals surface area contributed by atoms with Crippen LogP contribution in [0.1, 0.15) is 21.6 Å². The smallest absolute Gasteiger partial charge is 0.277 e. The zero-order chi connectivity index (χ0) is 13.7. The van der Waals surface area contributed by atoms with Gasteiger partial charge in [0.05, 0.1) is 11.9 Å². The molecule has 0 unspecified atom stereocenters. The SMILES string of the molecule is Cc1ccc(NC(=O)c2cn[nH]n2)c(C#CCO)c1. The highest BCUT2D eigenvalue weighted by molar-refractivity contribution is 6.03. The van der Waals surface area contributed by atoms with Gasteiger partial charge in [-0.1, -0.05) is 17.9 Å². The Morgan fingerprint density at radius 2 is 2.37 bits per heavy atom. The molecule has 0 bridgehead atoms. The van der Waals surface area contributed by atoms with Gasteiger partial charge in [0, 0.05) is 5.56 Å². The van der Waals surface area contributed by atoms with Gasteiger partial charge in [0.1, 0.15) is 6.61 Å². The molecule has 0 spiro atoms. The van der Waals surface area contributed by atoms with E-state index in [1.807, 2.05) is 19.1 Å². The molecule has 96 valence electrons. The van der Waals surface area contributed by atoms with Crippen LogP contribution in [0.25, 0.3) is 0 Å². The number of aryl methyl sites for hydroxylation is 1. The van der Waals surface area contributed by atoms with E-state index < -0.39 is 0 Å². The predicted molar refractivity (Wildman–Crippen MR) is 69.5 cm³/mol. The molecular formula is C13H12N4O2. The van der Waals surface area contributed by atoms with Crippen LogP contribution in [-0.4, -0.2) is 33.0 Å². The van der Waals surface area contributed by atoms with Crippen molar-refractivity contribution < 1.29 is 9.90 Å². The Balaban J connectivity index is 2.27. The number of rotatable bonds is 2. The molecule has 1 aromatic heterocycles. The summed E-state index contributed by atoms with van der Waals surface area (Å²) in [5, 5.41) is 21.1. The molecule has 0 radical (unpaired) electrons. The largest absolute Gasteiger partial charge is 0.384 e. The van der Waals surface area contributed by atoms with Crippen molar-refractivity contribution in [3.8, 4) is 11.8 Å². The van der Waals surface area contributed by atoms with Crippen molar-refractivity contribution in [2.75, 3.05) is 11.9 Å². The number of benzene rings is 1. The molecule has 2 rings (SSSR count).